The van der Waals surface area contributed by atoms with E-state index in [1.165, 1.54) is 29.5 Å². The van der Waals surface area contributed by atoms with Gasteiger partial charge in [0.05, 0.1) is 11.3 Å². The summed E-state index contributed by atoms with van der Waals surface area (Å²) in [5.74, 6) is -0.710. The number of amidine groups is 1. The van der Waals surface area contributed by atoms with E-state index in [9.17, 15) is 13.6 Å². The molecule has 0 spiro atoms. The van der Waals surface area contributed by atoms with Crippen molar-refractivity contribution in [1.29, 1.82) is 0 Å². The fourth-order valence-electron chi connectivity index (χ4n) is 4.31. The third kappa shape index (κ3) is 7.08. The van der Waals surface area contributed by atoms with E-state index >= 15 is 0 Å². The number of pyridine rings is 1. The molecule has 11 heteroatoms. The summed E-state index contributed by atoms with van der Waals surface area (Å²) in [5, 5.41) is 12.2. The second-order valence-electron chi connectivity index (χ2n) is 9.39. The fraction of sp³-hybridized carbons (Fsp3) is 0.346. The van der Waals surface area contributed by atoms with Crippen LogP contribution in [0.25, 0.3) is 0 Å². The number of hydrogen-bond donors (Lipinski definition) is 4. The summed E-state index contributed by atoms with van der Waals surface area (Å²) in [7, 11) is 0. The van der Waals surface area contributed by atoms with Crippen LogP contribution in [0.5, 0.6) is 0 Å². The number of rotatable bonds is 4. The molecule has 1 aromatic carbocycles. The van der Waals surface area contributed by atoms with E-state index in [4.69, 9.17) is 0 Å². The number of amides is 1. The molecule has 0 saturated carbocycles. The van der Waals surface area contributed by atoms with E-state index in [0.29, 0.717) is 0 Å². The SMILES string of the molecule is C=N/C=C1/C(=O)NC[C-](F)CC(C)(C)c2nc(ccc2F)N/C1=N/CNc1ccc2c(c1)CCNC2.[W]. The topological polar surface area (TPSA) is 103 Å². The number of carbonyl (C=O) groups excluding carboxylic acids is 1. The number of aromatic nitrogens is 1. The van der Waals surface area contributed by atoms with Crippen LogP contribution in [0, 0.1) is 12.0 Å². The number of benzene rings is 1. The molecule has 1 amide bonds. The van der Waals surface area contributed by atoms with E-state index in [1.807, 2.05) is 6.07 Å². The summed E-state index contributed by atoms with van der Waals surface area (Å²) in [4.78, 5) is 25.6. The average Bonchev–Trinajstić information content (AvgIpc) is 2.85. The van der Waals surface area contributed by atoms with Crippen LogP contribution < -0.4 is 21.3 Å². The van der Waals surface area contributed by atoms with Crippen LogP contribution in [-0.4, -0.2) is 43.2 Å². The van der Waals surface area contributed by atoms with Gasteiger partial charge >= 0.3 is 0 Å². The second-order valence-corrected chi connectivity index (χ2v) is 9.39. The normalized spacial score (nSPS) is 19.9. The van der Waals surface area contributed by atoms with Crippen molar-refractivity contribution >= 4 is 30.0 Å². The fourth-order valence-corrected chi connectivity index (χ4v) is 4.31. The molecular formula is C26H30F2N7OW-. The molecule has 0 atom stereocenters. The Hall–Kier alpha value is -2.97. The third-order valence-corrected chi connectivity index (χ3v) is 6.14. The number of anilines is 2. The van der Waals surface area contributed by atoms with E-state index in [1.54, 1.807) is 13.8 Å². The van der Waals surface area contributed by atoms with Gasteiger partial charge in [0.2, 0.25) is 0 Å². The molecule has 0 fully saturated rings. The molecule has 0 unspecified atom stereocenters. The Morgan fingerprint density at radius 2 is 2.08 bits per heavy atom. The van der Waals surface area contributed by atoms with Gasteiger partial charge in [0, 0.05) is 39.5 Å². The molecular weight excluding hydrogens is 648 g/mol. The van der Waals surface area contributed by atoms with Gasteiger partial charge in [-0.2, -0.15) is 0 Å². The van der Waals surface area contributed by atoms with Crippen LogP contribution in [0.2, 0.25) is 0 Å². The number of hydrogen-bond acceptors (Lipinski definition) is 6. The molecule has 0 radical (unpaired) electrons. The zero-order valence-electron chi connectivity index (χ0n) is 20.8. The monoisotopic (exact) mass is 678 g/mol. The minimum Gasteiger partial charge on any atom is -0.454 e. The van der Waals surface area contributed by atoms with Gasteiger partial charge in [0.25, 0.3) is 5.91 Å². The number of halogens is 2. The maximum Gasteiger partial charge on any atom is 0.254 e. The van der Waals surface area contributed by atoms with Crippen molar-refractivity contribution < 1.29 is 34.6 Å². The Kier molecular flexibility index (Phi) is 9.67. The first kappa shape index (κ1) is 28.6. The van der Waals surface area contributed by atoms with Crippen molar-refractivity contribution in [3.05, 3.63) is 70.9 Å². The number of nitrogens with zero attached hydrogens (tertiary/aromatic N) is 3. The molecule has 0 aliphatic carbocycles. The van der Waals surface area contributed by atoms with Gasteiger partial charge < -0.3 is 25.7 Å². The largest absolute Gasteiger partial charge is 0.454 e. The molecule has 4 rings (SSSR count). The average molecular weight is 678 g/mol. The van der Waals surface area contributed by atoms with E-state index in [-0.39, 0.29) is 63.6 Å². The molecule has 4 N–H and O–H groups in total. The van der Waals surface area contributed by atoms with Crippen molar-refractivity contribution in [3.63, 3.8) is 0 Å². The van der Waals surface area contributed by atoms with Crippen LogP contribution in [0.1, 0.15) is 37.1 Å². The van der Waals surface area contributed by atoms with E-state index in [0.717, 1.165) is 25.2 Å². The number of aliphatic imine (C=N–C) groups is 2. The first-order chi connectivity index (χ1) is 17.3. The molecule has 1 aromatic heterocycles. The number of nitrogens with one attached hydrogen (secondary N) is 4. The standard InChI is InChI=1S/C26H30F2N7O.W/c1-26(2)11-18(27)13-31-25(36)20(14-29-3)24(35-22-7-6-21(28)23(26)34-22)33-15-32-19-5-4-17-12-30-9-8-16(17)10-19;/h4-7,10,14,30,32H,3,8-9,11-13,15H2,1-2H3,(H,31,36)(H,33,34,35);/q-1;/b20-14+;. The molecule has 2 aliphatic heterocycles. The second kappa shape index (κ2) is 12.5. The van der Waals surface area contributed by atoms with Crippen molar-refractivity contribution in [2.45, 2.75) is 38.6 Å². The maximum absolute atomic E-state index is 14.7. The summed E-state index contributed by atoms with van der Waals surface area (Å²) in [6.07, 6.45) is 1.59. The molecule has 2 aromatic rings. The Morgan fingerprint density at radius 3 is 2.86 bits per heavy atom. The van der Waals surface area contributed by atoms with Crippen LogP contribution >= 0.6 is 0 Å². The van der Waals surface area contributed by atoms with Gasteiger partial charge in [-0.3, -0.25) is 9.79 Å². The van der Waals surface area contributed by atoms with Crippen LogP contribution in [0.4, 0.5) is 20.3 Å². The van der Waals surface area contributed by atoms with Crippen molar-refractivity contribution in [1.82, 2.24) is 15.6 Å². The van der Waals surface area contributed by atoms with Crippen molar-refractivity contribution in [3.8, 4) is 0 Å². The third-order valence-electron chi connectivity index (χ3n) is 6.14. The van der Waals surface area contributed by atoms with Gasteiger partial charge in [-0.25, -0.2) is 14.4 Å². The first-order valence-corrected chi connectivity index (χ1v) is 11.8. The van der Waals surface area contributed by atoms with E-state index in [2.05, 4.69) is 55.1 Å². The quantitative estimate of drug-likeness (QED) is 0.225. The Balaban J connectivity index is 0.00000380. The maximum atomic E-state index is 14.7. The van der Waals surface area contributed by atoms with Gasteiger partial charge in [0.1, 0.15) is 24.1 Å². The van der Waals surface area contributed by atoms with Crippen LogP contribution in [-0.2, 0) is 44.2 Å². The number of fused-ring (bicyclic) bond motifs is 3. The molecule has 3 heterocycles. The zero-order chi connectivity index (χ0) is 25.7. The van der Waals surface area contributed by atoms with E-state index < -0.39 is 23.3 Å². The molecule has 196 valence electrons. The smallest absolute Gasteiger partial charge is 0.254 e. The Labute approximate surface area is 229 Å². The first-order valence-electron chi connectivity index (χ1n) is 11.8. The molecule has 37 heavy (non-hydrogen) atoms. The van der Waals surface area contributed by atoms with Gasteiger partial charge in [-0.05, 0) is 60.5 Å². The van der Waals surface area contributed by atoms with Crippen LogP contribution in [0.15, 0.2) is 52.1 Å². The van der Waals surface area contributed by atoms with Gasteiger partial charge in [-0.15, -0.1) is 12.6 Å². The summed E-state index contributed by atoms with van der Waals surface area (Å²) in [6, 6.07) is 8.85. The molecule has 2 aliphatic rings. The van der Waals surface area contributed by atoms with Crippen LogP contribution in [0.3, 0.4) is 0 Å². The number of carbonyl (C=O) groups is 1. The predicted octanol–water partition coefficient (Wildman–Crippen LogP) is 3.63. The Bertz CT molecular complexity index is 1220. The summed E-state index contributed by atoms with van der Waals surface area (Å²) >= 11 is 0. The van der Waals surface area contributed by atoms with Gasteiger partial charge in [-0.1, -0.05) is 26.5 Å². The summed E-state index contributed by atoms with van der Waals surface area (Å²) in [5.41, 5.74) is 2.66. The minimum atomic E-state index is -0.933. The van der Waals surface area contributed by atoms with Gasteiger partial charge in [0.15, 0.2) is 0 Å². The van der Waals surface area contributed by atoms with Crippen molar-refractivity contribution in [2.75, 3.05) is 30.4 Å². The molecule has 0 saturated heterocycles. The minimum absolute atomic E-state index is 0. The zero-order valence-corrected chi connectivity index (χ0v) is 23.8. The molecule has 2 bridgehead atoms. The summed E-state index contributed by atoms with van der Waals surface area (Å²) < 4.78 is 29.3. The predicted molar refractivity (Wildman–Crippen MR) is 138 cm³/mol. The molecule has 8 nitrogen and oxygen atoms in total. The summed E-state index contributed by atoms with van der Waals surface area (Å²) in [6.45, 7) is 8.43. The Morgan fingerprint density at radius 1 is 1.27 bits per heavy atom. The van der Waals surface area contributed by atoms with Crippen molar-refractivity contribution in [2.24, 2.45) is 9.98 Å².